The molecule has 0 spiro atoms. The monoisotopic (exact) mass is 300 g/mol. The topological polar surface area (TPSA) is 90.1 Å². The average molecular weight is 300 g/mol. The largest absolute Gasteiger partial charge is 0.487 e. The summed E-state index contributed by atoms with van der Waals surface area (Å²) in [6.45, 7) is 5.88. The number of hydrogen-bond acceptors (Lipinski definition) is 5. The molecule has 0 aliphatic heterocycles. The molecule has 6 heteroatoms. The number of hydrogen-bond donors (Lipinski definition) is 2. The molecule has 0 fully saturated rings. The van der Waals surface area contributed by atoms with Crippen molar-refractivity contribution in [3.8, 4) is 5.75 Å². The first-order chi connectivity index (χ1) is 10.4. The number of nitrogen functional groups attached to an aromatic ring is 1. The van der Waals surface area contributed by atoms with Crippen LogP contribution in [0.2, 0.25) is 0 Å². The number of benzene rings is 1. The van der Waals surface area contributed by atoms with Gasteiger partial charge in [-0.05, 0) is 44.0 Å². The van der Waals surface area contributed by atoms with Crippen molar-refractivity contribution in [1.29, 1.82) is 0 Å². The van der Waals surface area contributed by atoms with E-state index >= 15 is 0 Å². The molecule has 2 rings (SSSR count). The lowest BCUT2D eigenvalue weighted by Gasteiger charge is -2.13. The number of nitrogens with one attached hydrogen (secondary N) is 1. The van der Waals surface area contributed by atoms with Gasteiger partial charge in [-0.15, -0.1) is 0 Å². The minimum atomic E-state index is -0.253. The Balaban J connectivity index is 2.30. The van der Waals surface area contributed by atoms with E-state index in [1.165, 1.54) is 0 Å². The number of anilines is 1. The van der Waals surface area contributed by atoms with Crippen LogP contribution in [0, 0.1) is 20.8 Å². The molecule has 0 saturated carbocycles. The fraction of sp³-hybridized carbons (Fsp3) is 0.312. The highest BCUT2D eigenvalue weighted by atomic mass is 16.5. The van der Waals surface area contributed by atoms with Crippen LogP contribution in [0.5, 0.6) is 5.75 Å². The second kappa shape index (κ2) is 6.43. The summed E-state index contributed by atoms with van der Waals surface area (Å²) in [4.78, 5) is 20.2. The number of carbonyl (C=O) groups is 1. The van der Waals surface area contributed by atoms with Gasteiger partial charge in [0.15, 0.2) is 0 Å². The molecule has 6 nitrogen and oxygen atoms in total. The van der Waals surface area contributed by atoms with Crippen molar-refractivity contribution in [2.45, 2.75) is 27.4 Å². The van der Waals surface area contributed by atoms with Gasteiger partial charge in [0.05, 0.1) is 17.0 Å². The third kappa shape index (κ3) is 3.52. The van der Waals surface area contributed by atoms with Crippen molar-refractivity contribution < 1.29 is 9.53 Å². The zero-order valence-electron chi connectivity index (χ0n) is 13.2. The maximum absolute atomic E-state index is 12.0. The smallest absolute Gasteiger partial charge is 0.254 e. The number of rotatable bonds is 4. The van der Waals surface area contributed by atoms with Gasteiger partial charge in [0.25, 0.3) is 5.91 Å². The number of amides is 1. The van der Waals surface area contributed by atoms with E-state index in [0.29, 0.717) is 17.0 Å². The van der Waals surface area contributed by atoms with Gasteiger partial charge < -0.3 is 15.8 Å². The first kappa shape index (κ1) is 15.8. The normalized spacial score (nSPS) is 10.4. The lowest BCUT2D eigenvalue weighted by Crippen LogP contribution is -2.23. The number of aromatic nitrogens is 2. The molecule has 116 valence electrons. The van der Waals surface area contributed by atoms with Gasteiger partial charge in [-0.3, -0.25) is 4.79 Å². The Morgan fingerprint density at radius 1 is 1.18 bits per heavy atom. The summed E-state index contributed by atoms with van der Waals surface area (Å²) in [5, 5.41) is 2.58. The minimum absolute atomic E-state index is 0.129. The van der Waals surface area contributed by atoms with Crippen molar-refractivity contribution in [2.75, 3.05) is 12.8 Å². The summed E-state index contributed by atoms with van der Waals surface area (Å²) < 4.78 is 5.77. The van der Waals surface area contributed by atoms with Gasteiger partial charge in [-0.25, -0.2) is 9.97 Å². The maximum atomic E-state index is 12.0. The summed E-state index contributed by atoms with van der Waals surface area (Å²) in [5.74, 6) is 0.607. The average Bonchev–Trinajstić information content (AvgIpc) is 2.42. The fourth-order valence-electron chi connectivity index (χ4n) is 2.35. The molecule has 0 bridgehead atoms. The standard InChI is InChI=1S/C16H20N4O2/c1-9-5-10(2)7-12(6-9)22-8-13-14(15(21)18-4)11(3)19-16(17)20-13/h5-7H,8H2,1-4H3,(H,18,21)(H2,17,19,20). The van der Waals surface area contributed by atoms with E-state index in [1.54, 1.807) is 14.0 Å². The summed E-state index contributed by atoms with van der Waals surface area (Å²) >= 11 is 0. The highest BCUT2D eigenvalue weighted by Crippen LogP contribution is 2.19. The predicted octanol–water partition coefficient (Wildman–Crippen LogP) is 1.92. The molecular formula is C16H20N4O2. The lowest BCUT2D eigenvalue weighted by atomic mass is 10.1. The van der Waals surface area contributed by atoms with Gasteiger partial charge >= 0.3 is 0 Å². The highest BCUT2D eigenvalue weighted by Gasteiger charge is 2.17. The third-order valence-corrected chi connectivity index (χ3v) is 3.21. The predicted molar refractivity (Wildman–Crippen MR) is 84.8 cm³/mol. The van der Waals surface area contributed by atoms with Crippen LogP contribution in [-0.2, 0) is 6.61 Å². The Kier molecular flexibility index (Phi) is 4.60. The number of nitrogens with zero attached hydrogens (tertiary/aromatic N) is 2. The Morgan fingerprint density at radius 3 is 2.41 bits per heavy atom. The van der Waals surface area contributed by atoms with Gasteiger partial charge in [0.2, 0.25) is 5.95 Å². The number of aryl methyl sites for hydroxylation is 3. The maximum Gasteiger partial charge on any atom is 0.254 e. The van der Waals surface area contributed by atoms with Gasteiger partial charge in [-0.2, -0.15) is 0 Å². The van der Waals surface area contributed by atoms with Crippen molar-refractivity contribution in [1.82, 2.24) is 15.3 Å². The van der Waals surface area contributed by atoms with Crippen molar-refractivity contribution in [2.24, 2.45) is 0 Å². The Labute approximate surface area is 129 Å². The molecule has 0 atom stereocenters. The zero-order valence-corrected chi connectivity index (χ0v) is 13.2. The molecule has 1 aromatic heterocycles. The van der Waals surface area contributed by atoms with E-state index in [-0.39, 0.29) is 18.5 Å². The summed E-state index contributed by atoms with van der Waals surface area (Å²) in [6.07, 6.45) is 0. The summed E-state index contributed by atoms with van der Waals surface area (Å²) in [6, 6.07) is 5.93. The molecule has 0 radical (unpaired) electrons. The van der Waals surface area contributed by atoms with Crippen LogP contribution in [0.4, 0.5) is 5.95 Å². The molecule has 0 aliphatic carbocycles. The van der Waals surface area contributed by atoms with Crippen LogP contribution >= 0.6 is 0 Å². The summed E-state index contributed by atoms with van der Waals surface area (Å²) in [7, 11) is 1.56. The molecular weight excluding hydrogens is 280 g/mol. The molecule has 1 amide bonds. The Hall–Kier alpha value is -2.63. The quantitative estimate of drug-likeness (QED) is 0.900. The van der Waals surface area contributed by atoms with E-state index in [9.17, 15) is 4.79 Å². The van der Waals surface area contributed by atoms with Crippen molar-refractivity contribution >= 4 is 11.9 Å². The molecule has 22 heavy (non-hydrogen) atoms. The molecule has 3 N–H and O–H groups in total. The highest BCUT2D eigenvalue weighted by molar-refractivity contribution is 5.96. The number of ether oxygens (including phenoxy) is 1. The van der Waals surface area contributed by atoms with Crippen molar-refractivity contribution in [3.63, 3.8) is 0 Å². The molecule has 2 aromatic rings. The SMILES string of the molecule is CNC(=O)c1c(C)nc(N)nc1COc1cc(C)cc(C)c1. The number of carbonyl (C=O) groups excluding carboxylic acids is 1. The summed E-state index contributed by atoms with van der Waals surface area (Å²) in [5.41, 5.74) is 9.31. The molecule has 0 aliphatic rings. The van der Waals surface area contributed by atoms with Crippen LogP contribution < -0.4 is 15.8 Å². The zero-order chi connectivity index (χ0) is 16.3. The Morgan fingerprint density at radius 2 is 1.82 bits per heavy atom. The molecule has 1 heterocycles. The van der Waals surface area contributed by atoms with Crippen LogP contribution in [0.25, 0.3) is 0 Å². The van der Waals surface area contributed by atoms with Crippen molar-refractivity contribution in [3.05, 3.63) is 46.3 Å². The second-order valence-electron chi connectivity index (χ2n) is 5.18. The number of nitrogens with two attached hydrogens (primary N) is 1. The van der Waals surface area contributed by atoms with Gasteiger partial charge in [-0.1, -0.05) is 6.07 Å². The van der Waals surface area contributed by atoms with Crippen LogP contribution in [-0.4, -0.2) is 22.9 Å². The van der Waals surface area contributed by atoms with Gasteiger partial charge in [0.1, 0.15) is 12.4 Å². The molecule has 1 aromatic carbocycles. The second-order valence-corrected chi connectivity index (χ2v) is 5.18. The van der Waals surface area contributed by atoms with E-state index in [1.807, 2.05) is 26.0 Å². The third-order valence-electron chi connectivity index (χ3n) is 3.21. The van der Waals surface area contributed by atoms with E-state index in [0.717, 1.165) is 16.9 Å². The van der Waals surface area contributed by atoms with E-state index in [2.05, 4.69) is 21.4 Å². The van der Waals surface area contributed by atoms with Gasteiger partial charge in [0, 0.05) is 7.05 Å². The van der Waals surface area contributed by atoms with E-state index in [4.69, 9.17) is 10.5 Å². The van der Waals surface area contributed by atoms with Crippen LogP contribution in [0.3, 0.4) is 0 Å². The Bertz CT molecular complexity index is 693. The lowest BCUT2D eigenvalue weighted by molar-refractivity contribution is 0.0959. The first-order valence-corrected chi connectivity index (χ1v) is 6.97. The molecule has 0 saturated heterocycles. The molecule has 0 unspecified atom stereocenters. The first-order valence-electron chi connectivity index (χ1n) is 6.97. The van der Waals surface area contributed by atoms with Crippen LogP contribution in [0.15, 0.2) is 18.2 Å². The van der Waals surface area contributed by atoms with E-state index < -0.39 is 0 Å². The fourth-order valence-corrected chi connectivity index (χ4v) is 2.35. The van der Waals surface area contributed by atoms with Crippen LogP contribution in [0.1, 0.15) is 32.9 Å². The minimum Gasteiger partial charge on any atom is -0.487 e.